The maximum absolute atomic E-state index is 13.6. The van der Waals surface area contributed by atoms with Crippen LogP contribution in [0.25, 0.3) is 0 Å². The minimum atomic E-state index is -4.75. The second kappa shape index (κ2) is 22.8. The molecule has 0 aliphatic heterocycles. The summed E-state index contributed by atoms with van der Waals surface area (Å²) in [4.78, 5) is 78.7. The average Bonchev–Trinajstić information content (AvgIpc) is 3.26. The molecule has 0 fully saturated rings. The third kappa shape index (κ3) is 14.2. The van der Waals surface area contributed by atoms with E-state index in [9.17, 15) is 55.1 Å². The van der Waals surface area contributed by atoms with Crippen LogP contribution in [0.3, 0.4) is 0 Å². The van der Waals surface area contributed by atoms with Crippen molar-refractivity contribution in [3.05, 3.63) is 138 Å². The van der Waals surface area contributed by atoms with Crippen molar-refractivity contribution in [2.75, 3.05) is 21.3 Å². The smallest absolute Gasteiger partial charge is 0.323 e. The van der Waals surface area contributed by atoms with E-state index in [0.717, 1.165) is 38.1 Å². The molecule has 5 aromatic carbocycles. The molecule has 0 aliphatic carbocycles. The largest absolute Gasteiger partial charge is 0.416 e. The van der Waals surface area contributed by atoms with Gasteiger partial charge in [-0.15, -0.1) is 0 Å². The van der Waals surface area contributed by atoms with E-state index in [0.29, 0.717) is 35.4 Å². The lowest BCUT2D eigenvalue weighted by molar-refractivity contribution is -0.138. The predicted molar refractivity (Wildman–Crippen MR) is 252 cm³/mol. The molecule has 5 rings (SSSR count). The minimum Gasteiger partial charge on any atom is -0.323 e. The predicted octanol–water partition coefficient (Wildman–Crippen LogP) is 13.3. The van der Waals surface area contributed by atoms with Crippen molar-refractivity contribution in [2.24, 2.45) is 20.5 Å². The van der Waals surface area contributed by atoms with Gasteiger partial charge in [0, 0.05) is 32.8 Å². The molecule has 4 N–H and O–H groups in total. The summed E-state index contributed by atoms with van der Waals surface area (Å²) in [6.07, 6.45) is -8.94. The summed E-state index contributed by atoms with van der Waals surface area (Å²) in [6, 6.07) is 12.0. The molecule has 2 unspecified atom stereocenters. The number of amides is 4. The van der Waals surface area contributed by atoms with Crippen LogP contribution in [-0.4, -0.2) is 47.3 Å². The van der Waals surface area contributed by atoms with Crippen LogP contribution in [0.1, 0.15) is 70.7 Å². The summed E-state index contributed by atoms with van der Waals surface area (Å²) in [5, 5.41) is 24.8. The number of rotatable bonds is 16. The van der Waals surface area contributed by atoms with Gasteiger partial charge in [-0.1, -0.05) is 60.3 Å². The second-order valence-electron chi connectivity index (χ2n) is 15.0. The Morgan fingerprint density at radius 2 is 0.871 bits per heavy atom. The number of hydrogen-bond acceptors (Lipinski definition) is 10. The molecule has 366 valence electrons. The first-order valence-corrected chi connectivity index (χ1v) is 21.9. The SMILES string of the molecule is CCc1cc(NC(=O)C(N=Nc2ccc(Cl)c(C(=O)Nc3cc(Cl)cc(C(F)(F)F)c3)c2)C(C)=O)c(CC)cc1NC(=O)C(N=Nc1ccc(Cl)c(C(=O)Nc2cc(Cl)cc(C(F)(F)F)c2)c1)C(C)=O. The maximum Gasteiger partial charge on any atom is 0.416 e. The molecule has 0 heterocycles. The van der Waals surface area contributed by atoms with Gasteiger partial charge < -0.3 is 21.3 Å². The van der Waals surface area contributed by atoms with Gasteiger partial charge in [0.15, 0.2) is 11.6 Å². The van der Waals surface area contributed by atoms with Crippen molar-refractivity contribution in [1.82, 2.24) is 0 Å². The summed E-state index contributed by atoms with van der Waals surface area (Å²) < 4.78 is 79.9. The number of ketones is 2. The van der Waals surface area contributed by atoms with Crippen LogP contribution in [-0.2, 0) is 44.4 Å². The molecule has 2 atom stereocenters. The molecule has 0 spiro atoms. The Hall–Kier alpha value is -6.74. The molecule has 0 aromatic heterocycles. The molecule has 4 amide bonds. The van der Waals surface area contributed by atoms with E-state index in [1.165, 1.54) is 24.3 Å². The number of hydrogen-bond donors (Lipinski definition) is 4. The van der Waals surface area contributed by atoms with Gasteiger partial charge in [0.05, 0.1) is 43.7 Å². The van der Waals surface area contributed by atoms with Crippen molar-refractivity contribution in [3.63, 3.8) is 0 Å². The number of anilines is 4. The molecule has 5 aromatic rings. The Morgan fingerprint density at radius 3 is 1.19 bits per heavy atom. The first kappa shape index (κ1) is 54.2. The van der Waals surface area contributed by atoms with Crippen LogP contribution in [0, 0.1) is 0 Å². The van der Waals surface area contributed by atoms with Crippen LogP contribution in [0.5, 0.6) is 0 Å². The normalized spacial score (nSPS) is 12.7. The summed E-state index contributed by atoms with van der Waals surface area (Å²) in [7, 11) is 0. The lowest BCUT2D eigenvalue weighted by atomic mass is 10.0. The van der Waals surface area contributed by atoms with E-state index in [1.54, 1.807) is 26.0 Å². The van der Waals surface area contributed by atoms with Gasteiger partial charge in [0.25, 0.3) is 23.6 Å². The van der Waals surface area contributed by atoms with E-state index in [2.05, 4.69) is 41.7 Å². The monoisotopic (exact) mass is 1050 g/mol. The number of benzene rings is 5. The number of halogens is 10. The van der Waals surface area contributed by atoms with Gasteiger partial charge in [0.2, 0.25) is 12.1 Å². The fraction of sp³-hybridized carbons (Fsp3) is 0.217. The standard InChI is InChI=1S/C46H36Cl4F6N8O6/c1-5-23-11-38(60-44(70)40(22(4)66)64-62-30-8-10-36(50)34(20-30)42(68)58-32-16-26(46(54,55)56)14-28(48)18-32)24(6-2)12-37(23)59-43(69)39(21(3)65)63-61-29-7-9-35(49)33(19-29)41(67)57-31-15-25(45(51,52)53)13-27(47)17-31/h7-20,39-40H,5-6H2,1-4H3,(H,57,67)(H,58,68)(H,59,69)(H,60,70). The van der Waals surface area contributed by atoms with Crippen LogP contribution in [0.15, 0.2) is 105 Å². The van der Waals surface area contributed by atoms with Crippen molar-refractivity contribution < 1.29 is 55.1 Å². The molecule has 14 nitrogen and oxygen atoms in total. The Balaban J connectivity index is 1.31. The minimum absolute atomic E-state index is 0.0504. The van der Waals surface area contributed by atoms with Gasteiger partial charge in [-0.2, -0.15) is 46.8 Å². The first-order chi connectivity index (χ1) is 32.8. The zero-order chi connectivity index (χ0) is 51.8. The van der Waals surface area contributed by atoms with Gasteiger partial charge in [-0.3, -0.25) is 28.8 Å². The van der Waals surface area contributed by atoms with Crippen molar-refractivity contribution in [1.29, 1.82) is 0 Å². The summed E-state index contributed by atoms with van der Waals surface area (Å²) >= 11 is 24.1. The highest BCUT2D eigenvalue weighted by Gasteiger charge is 2.33. The van der Waals surface area contributed by atoms with Crippen molar-refractivity contribution >= 4 is 116 Å². The van der Waals surface area contributed by atoms with Gasteiger partial charge in [-0.05, 0) is 123 Å². The second-order valence-corrected chi connectivity index (χ2v) is 16.7. The lowest BCUT2D eigenvalue weighted by Gasteiger charge is -2.18. The zero-order valence-corrected chi connectivity index (χ0v) is 39.7. The highest BCUT2D eigenvalue weighted by atomic mass is 35.5. The fourth-order valence-corrected chi connectivity index (χ4v) is 7.22. The molecule has 70 heavy (non-hydrogen) atoms. The molecule has 24 heteroatoms. The van der Waals surface area contributed by atoms with Crippen LogP contribution in [0.2, 0.25) is 20.1 Å². The Morgan fingerprint density at radius 1 is 0.514 bits per heavy atom. The highest BCUT2D eigenvalue weighted by Crippen LogP contribution is 2.36. The Bertz CT molecular complexity index is 2770. The third-order valence-electron chi connectivity index (χ3n) is 9.81. The van der Waals surface area contributed by atoms with Gasteiger partial charge in [0.1, 0.15) is 0 Å². The number of aryl methyl sites for hydroxylation is 2. The summed E-state index contributed by atoms with van der Waals surface area (Å²) in [6.45, 7) is 5.66. The molecule has 0 bridgehead atoms. The third-order valence-corrected chi connectivity index (χ3v) is 10.9. The first-order valence-electron chi connectivity index (χ1n) is 20.3. The van der Waals surface area contributed by atoms with E-state index < -0.39 is 70.8 Å². The van der Waals surface area contributed by atoms with Gasteiger partial charge >= 0.3 is 12.4 Å². The molecule has 0 radical (unpaired) electrons. The lowest BCUT2D eigenvalue weighted by Crippen LogP contribution is -2.33. The molecule has 0 aliphatic rings. The molecular weight excluding hydrogens is 1020 g/mol. The molecule has 0 saturated heterocycles. The number of Topliss-reactive ketones (excluding diaryl/α,β-unsaturated/α-hetero) is 2. The Labute approximate surface area is 414 Å². The van der Waals surface area contributed by atoms with Crippen LogP contribution in [0.4, 0.5) is 60.5 Å². The van der Waals surface area contributed by atoms with Crippen molar-refractivity contribution in [3.8, 4) is 0 Å². The van der Waals surface area contributed by atoms with Crippen LogP contribution < -0.4 is 21.3 Å². The van der Waals surface area contributed by atoms with Crippen molar-refractivity contribution in [2.45, 2.75) is 65.0 Å². The summed E-state index contributed by atoms with van der Waals surface area (Å²) in [5.41, 5.74) is -1.90. The number of nitrogens with zero attached hydrogens (tertiary/aromatic N) is 4. The fourth-order valence-electron chi connectivity index (χ4n) is 6.34. The summed E-state index contributed by atoms with van der Waals surface area (Å²) in [5.74, 6) is -5.12. The number of carbonyl (C=O) groups excluding carboxylic acids is 6. The number of carbonyl (C=O) groups is 6. The van der Waals surface area contributed by atoms with Crippen LogP contribution >= 0.6 is 46.4 Å². The van der Waals surface area contributed by atoms with E-state index >= 15 is 0 Å². The van der Waals surface area contributed by atoms with E-state index in [4.69, 9.17) is 46.4 Å². The van der Waals surface area contributed by atoms with E-state index in [1.807, 2.05) is 0 Å². The Kier molecular flexibility index (Phi) is 17.6. The quantitative estimate of drug-likeness (QED) is 0.0430. The molecular formula is C46H36Cl4F6N8O6. The number of nitrogens with one attached hydrogen (secondary N) is 4. The van der Waals surface area contributed by atoms with Gasteiger partial charge in [-0.25, -0.2) is 0 Å². The average molecular weight is 1050 g/mol. The van der Waals surface area contributed by atoms with E-state index in [-0.39, 0.29) is 78.2 Å². The molecule has 0 saturated carbocycles. The topological polar surface area (TPSA) is 200 Å². The zero-order valence-electron chi connectivity index (χ0n) is 36.7. The highest BCUT2D eigenvalue weighted by molar-refractivity contribution is 6.35. The number of alkyl halides is 6. The maximum atomic E-state index is 13.6. The number of azo groups is 2.